The van der Waals surface area contributed by atoms with Gasteiger partial charge in [0.2, 0.25) is 0 Å². The Kier molecular flexibility index (Phi) is 5.79. The second-order valence-corrected chi connectivity index (χ2v) is 6.14. The van der Waals surface area contributed by atoms with E-state index in [9.17, 15) is 0 Å². The molecule has 124 valence electrons. The quantitative estimate of drug-likeness (QED) is 0.818. The van der Waals surface area contributed by atoms with E-state index in [1.807, 2.05) is 12.1 Å². The highest BCUT2D eigenvalue weighted by Gasteiger charge is 2.26. The van der Waals surface area contributed by atoms with Gasteiger partial charge >= 0.3 is 0 Å². The molecule has 3 nitrogen and oxygen atoms in total. The Hall–Kier alpha value is -1.42. The number of ether oxygens (including phenoxy) is 2. The molecule has 0 spiro atoms. The van der Waals surface area contributed by atoms with Crippen molar-refractivity contribution >= 4 is 24.0 Å². The zero-order valence-electron chi connectivity index (χ0n) is 13.5. The fourth-order valence-corrected chi connectivity index (χ4v) is 3.27. The third-order valence-electron chi connectivity index (χ3n) is 4.23. The molecule has 1 aliphatic heterocycles. The van der Waals surface area contributed by atoms with Crippen molar-refractivity contribution in [3.8, 4) is 11.5 Å². The number of rotatable bonds is 3. The number of hydrogen-bond donors (Lipinski definition) is 0. The van der Waals surface area contributed by atoms with Crippen LogP contribution in [0.5, 0.6) is 11.5 Å². The molecule has 0 N–H and O–H groups in total. The lowest BCUT2D eigenvalue weighted by Crippen LogP contribution is -2.31. The van der Waals surface area contributed by atoms with Crippen LogP contribution in [0.4, 0.5) is 0 Å². The minimum atomic E-state index is 0. The molecule has 1 atom stereocenters. The molecule has 0 fully saturated rings. The van der Waals surface area contributed by atoms with Gasteiger partial charge in [0, 0.05) is 24.0 Å². The second kappa shape index (κ2) is 7.43. The molecular weight excluding hydrogens is 333 g/mol. The first-order valence-electron chi connectivity index (χ1n) is 7.31. The average Bonchev–Trinajstić information content (AvgIpc) is 2.53. The smallest absolute Gasteiger partial charge is 0.161 e. The minimum absolute atomic E-state index is 0. The number of nitrogens with zero attached hydrogens (tertiary/aromatic N) is 1. The number of benzene rings is 2. The van der Waals surface area contributed by atoms with Gasteiger partial charge in [0.25, 0.3) is 0 Å². The summed E-state index contributed by atoms with van der Waals surface area (Å²) >= 11 is 6.02. The Balaban J connectivity index is 0.00000192. The molecule has 23 heavy (non-hydrogen) atoms. The highest BCUT2D eigenvalue weighted by atomic mass is 35.5. The molecule has 3 rings (SSSR count). The standard InChI is InChI=1S/C18H20ClNO2.ClH/c1-20-10-13-8-17(21-2)18(22-3)9-15(13)16(11-20)12-4-6-14(19)7-5-12;/h4-9,16H,10-11H2,1-3H3;1H. The Morgan fingerprint density at radius 2 is 1.65 bits per heavy atom. The number of methoxy groups -OCH3 is 2. The van der Waals surface area contributed by atoms with Gasteiger partial charge in [-0.25, -0.2) is 0 Å². The molecule has 0 saturated carbocycles. The molecule has 0 bridgehead atoms. The number of fused-ring (bicyclic) bond motifs is 1. The van der Waals surface area contributed by atoms with Crippen LogP contribution in [0.15, 0.2) is 36.4 Å². The summed E-state index contributed by atoms with van der Waals surface area (Å²) in [5.41, 5.74) is 3.86. The molecule has 0 aliphatic carbocycles. The summed E-state index contributed by atoms with van der Waals surface area (Å²) in [6, 6.07) is 12.3. The Labute approximate surface area is 148 Å². The summed E-state index contributed by atoms with van der Waals surface area (Å²) in [5, 5.41) is 0.764. The van der Waals surface area contributed by atoms with Crippen LogP contribution in [0.25, 0.3) is 0 Å². The second-order valence-electron chi connectivity index (χ2n) is 5.71. The predicted octanol–water partition coefficient (Wildman–Crippen LogP) is 4.36. The average molecular weight is 354 g/mol. The summed E-state index contributed by atoms with van der Waals surface area (Å²) in [7, 11) is 5.49. The van der Waals surface area contributed by atoms with E-state index in [1.165, 1.54) is 16.7 Å². The van der Waals surface area contributed by atoms with Crippen LogP contribution in [-0.2, 0) is 6.54 Å². The summed E-state index contributed by atoms with van der Waals surface area (Å²) in [4.78, 5) is 2.33. The first kappa shape index (κ1) is 17.9. The SMILES string of the molecule is COc1cc2c(cc1OC)C(c1ccc(Cl)cc1)CN(C)C2.Cl. The zero-order chi connectivity index (χ0) is 15.7. The van der Waals surface area contributed by atoms with Crippen LogP contribution in [0.3, 0.4) is 0 Å². The van der Waals surface area contributed by atoms with Crippen molar-refractivity contribution in [2.24, 2.45) is 0 Å². The first-order valence-corrected chi connectivity index (χ1v) is 7.69. The van der Waals surface area contributed by atoms with Gasteiger partial charge in [-0.1, -0.05) is 23.7 Å². The van der Waals surface area contributed by atoms with Crippen molar-refractivity contribution in [1.29, 1.82) is 0 Å². The van der Waals surface area contributed by atoms with Crippen molar-refractivity contribution in [3.05, 3.63) is 58.1 Å². The van der Waals surface area contributed by atoms with E-state index in [0.717, 1.165) is 29.6 Å². The Bertz CT molecular complexity index is 673. The van der Waals surface area contributed by atoms with Gasteiger partial charge in [0.1, 0.15) is 0 Å². The van der Waals surface area contributed by atoms with Crippen molar-refractivity contribution < 1.29 is 9.47 Å². The molecule has 1 unspecified atom stereocenters. The van der Waals surface area contributed by atoms with Gasteiger partial charge in [0.05, 0.1) is 14.2 Å². The molecular formula is C18H21Cl2NO2. The van der Waals surface area contributed by atoms with E-state index in [0.29, 0.717) is 5.92 Å². The van der Waals surface area contributed by atoms with Crippen molar-refractivity contribution in [2.45, 2.75) is 12.5 Å². The van der Waals surface area contributed by atoms with Crippen LogP contribution in [0.1, 0.15) is 22.6 Å². The Morgan fingerprint density at radius 1 is 1.04 bits per heavy atom. The lowest BCUT2D eigenvalue weighted by Gasteiger charge is -2.33. The third kappa shape index (κ3) is 3.57. The van der Waals surface area contributed by atoms with E-state index in [1.54, 1.807) is 14.2 Å². The van der Waals surface area contributed by atoms with E-state index in [4.69, 9.17) is 21.1 Å². The summed E-state index contributed by atoms with van der Waals surface area (Å²) < 4.78 is 10.9. The third-order valence-corrected chi connectivity index (χ3v) is 4.48. The van der Waals surface area contributed by atoms with E-state index >= 15 is 0 Å². The fourth-order valence-electron chi connectivity index (χ4n) is 3.14. The monoisotopic (exact) mass is 353 g/mol. The van der Waals surface area contributed by atoms with Gasteiger partial charge in [0.15, 0.2) is 11.5 Å². The van der Waals surface area contributed by atoms with Crippen molar-refractivity contribution in [2.75, 3.05) is 27.8 Å². The van der Waals surface area contributed by atoms with Crippen LogP contribution in [-0.4, -0.2) is 32.7 Å². The summed E-state index contributed by atoms with van der Waals surface area (Å²) in [5.74, 6) is 1.88. The molecule has 5 heteroatoms. The van der Waals surface area contributed by atoms with E-state index < -0.39 is 0 Å². The van der Waals surface area contributed by atoms with Gasteiger partial charge < -0.3 is 14.4 Å². The summed E-state index contributed by atoms with van der Waals surface area (Å²) in [6.45, 7) is 1.89. The van der Waals surface area contributed by atoms with Gasteiger partial charge in [-0.2, -0.15) is 0 Å². The van der Waals surface area contributed by atoms with E-state index in [-0.39, 0.29) is 12.4 Å². The maximum atomic E-state index is 6.02. The first-order chi connectivity index (χ1) is 10.6. The molecule has 0 saturated heterocycles. The largest absolute Gasteiger partial charge is 0.493 e. The zero-order valence-corrected chi connectivity index (χ0v) is 15.1. The van der Waals surface area contributed by atoms with Crippen molar-refractivity contribution in [1.82, 2.24) is 4.90 Å². The normalized spacial score (nSPS) is 17.1. The van der Waals surface area contributed by atoms with E-state index in [2.05, 4.69) is 36.2 Å². The molecule has 1 aliphatic rings. The molecule has 2 aromatic rings. The molecule has 0 radical (unpaired) electrons. The van der Waals surface area contributed by atoms with Crippen LogP contribution >= 0.6 is 24.0 Å². The fraction of sp³-hybridized carbons (Fsp3) is 0.333. The molecule has 0 aromatic heterocycles. The van der Waals surface area contributed by atoms with Gasteiger partial charge in [-0.15, -0.1) is 12.4 Å². The highest BCUT2D eigenvalue weighted by molar-refractivity contribution is 6.30. The minimum Gasteiger partial charge on any atom is -0.493 e. The number of halogens is 2. The maximum Gasteiger partial charge on any atom is 0.161 e. The topological polar surface area (TPSA) is 21.7 Å². The molecule has 2 aromatic carbocycles. The number of hydrogen-bond acceptors (Lipinski definition) is 3. The van der Waals surface area contributed by atoms with Crippen LogP contribution < -0.4 is 9.47 Å². The highest BCUT2D eigenvalue weighted by Crippen LogP contribution is 2.39. The lowest BCUT2D eigenvalue weighted by atomic mass is 9.84. The van der Waals surface area contributed by atoms with Crippen LogP contribution in [0, 0.1) is 0 Å². The maximum absolute atomic E-state index is 6.02. The van der Waals surface area contributed by atoms with Crippen molar-refractivity contribution in [3.63, 3.8) is 0 Å². The van der Waals surface area contributed by atoms with Crippen LogP contribution in [0.2, 0.25) is 5.02 Å². The van der Waals surface area contributed by atoms with Gasteiger partial charge in [-0.3, -0.25) is 0 Å². The van der Waals surface area contributed by atoms with Gasteiger partial charge in [-0.05, 0) is 48.0 Å². The molecule has 1 heterocycles. The predicted molar refractivity (Wildman–Crippen MR) is 96.4 cm³/mol. The lowest BCUT2D eigenvalue weighted by molar-refractivity contribution is 0.291. The summed E-state index contributed by atoms with van der Waals surface area (Å²) in [6.07, 6.45) is 0. The molecule has 0 amide bonds. The number of likely N-dealkylation sites (N-methyl/N-ethyl adjacent to an activating group) is 1. The Morgan fingerprint density at radius 3 is 2.26 bits per heavy atom.